The van der Waals surface area contributed by atoms with Crippen LogP contribution in [-0.4, -0.2) is 13.9 Å². The summed E-state index contributed by atoms with van der Waals surface area (Å²) in [5.74, 6) is -1.98. The van der Waals surface area contributed by atoms with Crippen molar-refractivity contribution in [2.45, 2.75) is 56.9 Å². The van der Waals surface area contributed by atoms with Gasteiger partial charge in [0.2, 0.25) is 0 Å². The normalized spacial score (nSPS) is 19.1. The van der Waals surface area contributed by atoms with E-state index >= 15 is 4.39 Å². The second kappa shape index (κ2) is 9.76. The summed E-state index contributed by atoms with van der Waals surface area (Å²) in [7, 11) is -6.02. The van der Waals surface area contributed by atoms with Crippen LogP contribution in [0.25, 0.3) is 21.9 Å². The van der Waals surface area contributed by atoms with Crippen molar-refractivity contribution < 1.29 is 34.6 Å². The summed E-state index contributed by atoms with van der Waals surface area (Å²) in [5, 5.41) is 1.15. The minimum Gasteiger partial charge on any atom is -0.373 e. The monoisotopic (exact) mass is 512 g/mol. The molecule has 0 atom stereocenters. The van der Waals surface area contributed by atoms with E-state index in [1.165, 1.54) is 18.9 Å². The zero-order chi connectivity index (χ0) is 25.4. The molecule has 1 saturated carbocycles. The summed E-state index contributed by atoms with van der Waals surface area (Å²) in [6, 6.07) is 11.3. The van der Waals surface area contributed by atoms with Crippen molar-refractivity contribution in [3.8, 4) is 16.9 Å². The molecule has 188 valence electrons. The number of hydrogen-bond acceptors (Lipinski definition) is 3. The highest BCUT2D eigenvalue weighted by Gasteiger charge is 2.48. The van der Waals surface area contributed by atoms with Crippen LogP contribution < -0.4 is 4.18 Å². The molecule has 3 aromatic carbocycles. The molecule has 0 unspecified atom stereocenters. The first-order valence-corrected chi connectivity index (χ1v) is 12.9. The predicted molar refractivity (Wildman–Crippen MR) is 125 cm³/mol. The van der Waals surface area contributed by atoms with Gasteiger partial charge in [0.15, 0.2) is 11.6 Å². The van der Waals surface area contributed by atoms with E-state index in [4.69, 9.17) is 0 Å². The lowest BCUT2D eigenvalue weighted by atomic mass is 9.76. The molecule has 0 aromatic heterocycles. The maximum Gasteiger partial charge on any atom is 0.534 e. The third kappa shape index (κ3) is 5.15. The van der Waals surface area contributed by atoms with Gasteiger partial charge in [-0.15, -0.1) is 0 Å². The van der Waals surface area contributed by atoms with E-state index in [-0.39, 0.29) is 11.1 Å². The molecule has 0 heterocycles. The largest absolute Gasteiger partial charge is 0.534 e. The van der Waals surface area contributed by atoms with Crippen molar-refractivity contribution in [2.24, 2.45) is 5.92 Å². The van der Waals surface area contributed by atoms with Crippen LogP contribution in [0.4, 0.5) is 22.0 Å². The molecular weight excluding hydrogens is 487 g/mol. The van der Waals surface area contributed by atoms with E-state index < -0.39 is 33.0 Å². The highest BCUT2D eigenvalue weighted by molar-refractivity contribution is 7.88. The number of rotatable bonds is 6. The Morgan fingerprint density at radius 1 is 0.943 bits per heavy atom. The fourth-order valence-corrected chi connectivity index (χ4v) is 5.46. The lowest BCUT2D eigenvalue weighted by molar-refractivity contribution is -0.0500. The maximum atomic E-state index is 15.5. The second-order valence-electron chi connectivity index (χ2n) is 9.00. The zero-order valence-electron chi connectivity index (χ0n) is 19.0. The Kier molecular flexibility index (Phi) is 7.09. The molecule has 0 saturated heterocycles. The third-order valence-electron chi connectivity index (χ3n) is 6.74. The highest BCUT2D eigenvalue weighted by Crippen LogP contribution is 2.41. The van der Waals surface area contributed by atoms with E-state index in [1.54, 1.807) is 18.2 Å². The van der Waals surface area contributed by atoms with E-state index in [0.29, 0.717) is 11.3 Å². The predicted octanol–water partition coefficient (Wildman–Crippen LogP) is 8.09. The van der Waals surface area contributed by atoms with Crippen LogP contribution >= 0.6 is 0 Å². The quantitative estimate of drug-likeness (QED) is 0.190. The summed E-state index contributed by atoms with van der Waals surface area (Å²) < 4.78 is 93.7. The molecule has 0 N–H and O–H groups in total. The van der Waals surface area contributed by atoms with E-state index in [2.05, 4.69) is 11.1 Å². The molecule has 4 rings (SSSR count). The van der Waals surface area contributed by atoms with Crippen molar-refractivity contribution in [3.05, 3.63) is 65.7 Å². The molecule has 0 bridgehead atoms. The lowest BCUT2D eigenvalue weighted by Gasteiger charge is -2.29. The van der Waals surface area contributed by atoms with E-state index in [0.717, 1.165) is 60.7 Å². The molecule has 35 heavy (non-hydrogen) atoms. The van der Waals surface area contributed by atoms with Gasteiger partial charge in [0, 0.05) is 10.9 Å². The average molecular weight is 513 g/mol. The molecule has 3 aromatic rings. The van der Waals surface area contributed by atoms with Gasteiger partial charge in [0.1, 0.15) is 5.82 Å². The number of hydrogen-bond donors (Lipinski definition) is 0. The summed E-state index contributed by atoms with van der Waals surface area (Å²) >= 11 is 0. The van der Waals surface area contributed by atoms with Crippen molar-refractivity contribution >= 4 is 20.9 Å². The first kappa shape index (κ1) is 25.4. The van der Waals surface area contributed by atoms with Crippen LogP contribution in [0.2, 0.25) is 0 Å². The Hall–Kier alpha value is -2.68. The topological polar surface area (TPSA) is 43.4 Å². The molecule has 0 radical (unpaired) electrons. The van der Waals surface area contributed by atoms with Crippen molar-refractivity contribution in [3.63, 3.8) is 0 Å². The fraction of sp³-hybridized carbons (Fsp3) is 0.385. The third-order valence-corrected chi connectivity index (χ3v) is 7.70. The van der Waals surface area contributed by atoms with Gasteiger partial charge in [0.05, 0.1) is 0 Å². The average Bonchev–Trinajstić information content (AvgIpc) is 2.80. The summed E-state index contributed by atoms with van der Waals surface area (Å²) in [4.78, 5) is 0. The Balaban J connectivity index is 1.64. The molecular formula is C26H25F5O3S. The molecule has 0 amide bonds. The van der Waals surface area contributed by atoms with Gasteiger partial charge >= 0.3 is 15.6 Å². The van der Waals surface area contributed by atoms with Gasteiger partial charge in [-0.1, -0.05) is 56.2 Å². The van der Waals surface area contributed by atoms with Gasteiger partial charge in [-0.05, 0) is 66.2 Å². The minimum absolute atomic E-state index is 0.0455. The number of halogens is 5. The van der Waals surface area contributed by atoms with E-state index in [9.17, 15) is 26.0 Å². The molecule has 0 aliphatic heterocycles. The van der Waals surface area contributed by atoms with Crippen molar-refractivity contribution in [1.29, 1.82) is 0 Å². The zero-order valence-corrected chi connectivity index (χ0v) is 19.9. The number of benzene rings is 3. The Morgan fingerprint density at radius 2 is 1.66 bits per heavy atom. The Bertz CT molecular complexity index is 1330. The summed E-state index contributed by atoms with van der Waals surface area (Å²) in [6.45, 7) is 2.19. The molecule has 3 nitrogen and oxygen atoms in total. The maximum absolute atomic E-state index is 15.5. The molecule has 9 heteroatoms. The van der Waals surface area contributed by atoms with Crippen LogP contribution in [0.15, 0.2) is 48.5 Å². The van der Waals surface area contributed by atoms with Crippen molar-refractivity contribution in [2.75, 3.05) is 0 Å². The van der Waals surface area contributed by atoms with Crippen LogP contribution in [0.3, 0.4) is 0 Å². The minimum atomic E-state index is -6.02. The molecule has 1 fully saturated rings. The van der Waals surface area contributed by atoms with Gasteiger partial charge in [-0.2, -0.15) is 21.6 Å². The van der Waals surface area contributed by atoms with Crippen LogP contribution in [-0.2, 0) is 10.1 Å². The van der Waals surface area contributed by atoms with Crippen molar-refractivity contribution in [1.82, 2.24) is 0 Å². The first-order valence-electron chi connectivity index (χ1n) is 11.5. The molecule has 1 aliphatic carbocycles. The SMILES string of the molecule is CCCC1CCC(c2cccc3c(F)c(-c4ccc(OS(=O)(=O)C(F)(F)F)c(F)c4)ccc23)CC1. The fourth-order valence-electron chi connectivity index (χ4n) is 5.00. The van der Waals surface area contributed by atoms with Crippen LogP contribution in [0, 0.1) is 17.6 Å². The highest BCUT2D eigenvalue weighted by atomic mass is 32.2. The number of alkyl halides is 3. The Morgan fingerprint density at radius 3 is 2.29 bits per heavy atom. The Labute approximate surface area is 201 Å². The van der Waals surface area contributed by atoms with Crippen LogP contribution in [0.5, 0.6) is 5.75 Å². The van der Waals surface area contributed by atoms with Gasteiger partial charge in [0.25, 0.3) is 0 Å². The van der Waals surface area contributed by atoms with Gasteiger partial charge < -0.3 is 4.18 Å². The first-order chi connectivity index (χ1) is 16.5. The molecule has 0 spiro atoms. The summed E-state index contributed by atoms with van der Waals surface area (Å²) in [6.07, 6.45) is 6.77. The van der Waals surface area contributed by atoms with E-state index in [1.807, 2.05) is 6.07 Å². The summed E-state index contributed by atoms with van der Waals surface area (Å²) in [5.41, 5.74) is -4.53. The molecule has 1 aliphatic rings. The van der Waals surface area contributed by atoms with Gasteiger partial charge in [-0.3, -0.25) is 0 Å². The smallest absolute Gasteiger partial charge is 0.373 e. The lowest BCUT2D eigenvalue weighted by Crippen LogP contribution is -2.28. The standard InChI is InChI=1S/C26H25F5O3S/c1-2-4-16-7-9-17(10-8-16)19-5-3-6-22-21(19)13-12-20(25(22)28)18-11-14-24(23(27)15-18)34-35(32,33)26(29,30)31/h3,5-6,11-17H,2,4,7-10H2,1H3. The second-order valence-corrected chi connectivity index (χ2v) is 10.5. The number of fused-ring (bicyclic) bond motifs is 1. The van der Waals surface area contributed by atoms with Crippen LogP contribution in [0.1, 0.15) is 56.9 Å². The van der Waals surface area contributed by atoms with Gasteiger partial charge in [-0.25, -0.2) is 8.78 Å².